The molecule has 1 aromatic carbocycles. The van der Waals surface area contributed by atoms with E-state index in [1.807, 2.05) is 0 Å². The van der Waals surface area contributed by atoms with Gasteiger partial charge in [0.25, 0.3) is 5.91 Å². The number of hydrogen-bond donors (Lipinski definition) is 1. The number of nitrogens with two attached hydrogens (primary N) is 1. The maximum absolute atomic E-state index is 13.6. The van der Waals surface area contributed by atoms with Crippen LogP contribution >= 0.6 is 12.2 Å². The topological polar surface area (TPSA) is 46.3 Å². The number of hydrogen-bond acceptors (Lipinski definition) is 2. The molecule has 1 unspecified atom stereocenters. The first-order valence-electron chi connectivity index (χ1n) is 5.75. The standard InChI is InChI=1S/C13H16F2N2OS/c1-7-4-9(11(15)6-10(7)14)13(18)17(3)8(2)5-12(16)19/h4,6,8H,5H2,1-3H3,(H2,16,19). The molecule has 0 saturated carbocycles. The Hall–Kier alpha value is -1.56. The number of rotatable bonds is 4. The fraction of sp³-hybridized carbons (Fsp3) is 0.385. The van der Waals surface area contributed by atoms with Crippen LogP contribution in [0.2, 0.25) is 0 Å². The largest absolute Gasteiger partial charge is 0.393 e. The van der Waals surface area contributed by atoms with Gasteiger partial charge in [0, 0.05) is 25.6 Å². The molecule has 3 nitrogen and oxygen atoms in total. The minimum Gasteiger partial charge on any atom is -0.393 e. The van der Waals surface area contributed by atoms with E-state index in [9.17, 15) is 13.6 Å². The lowest BCUT2D eigenvalue weighted by atomic mass is 10.1. The van der Waals surface area contributed by atoms with E-state index >= 15 is 0 Å². The molecule has 0 aliphatic rings. The third kappa shape index (κ3) is 3.70. The predicted molar refractivity (Wildman–Crippen MR) is 74.1 cm³/mol. The minimum atomic E-state index is -0.873. The minimum absolute atomic E-state index is 0.156. The third-order valence-corrected chi connectivity index (χ3v) is 3.12. The molecule has 1 rings (SSSR count). The van der Waals surface area contributed by atoms with Gasteiger partial charge in [-0.2, -0.15) is 0 Å². The summed E-state index contributed by atoms with van der Waals surface area (Å²) in [4.78, 5) is 13.8. The summed E-state index contributed by atoms with van der Waals surface area (Å²) in [6.07, 6.45) is 0.347. The van der Waals surface area contributed by atoms with Crippen LogP contribution in [0.15, 0.2) is 12.1 Å². The summed E-state index contributed by atoms with van der Waals surface area (Å²) >= 11 is 4.77. The van der Waals surface area contributed by atoms with Crippen molar-refractivity contribution in [2.75, 3.05) is 7.05 Å². The molecule has 0 bridgehead atoms. The van der Waals surface area contributed by atoms with Gasteiger partial charge < -0.3 is 10.6 Å². The van der Waals surface area contributed by atoms with Crippen molar-refractivity contribution < 1.29 is 13.6 Å². The van der Waals surface area contributed by atoms with Gasteiger partial charge in [0.15, 0.2) is 0 Å². The molecular weight excluding hydrogens is 270 g/mol. The Morgan fingerprint density at radius 1 is 1.42 bits per heavy atom. The average Bonchev–Trinajstić information content (AvgIpc) is 2.31. The Bertz CT molecular complexity index is 520. The number of benzene rings is 1. The van der Waals surface area contributed by atoms with Gasteiger partial charge in [0.1, 0.15) is 11.6 Å². The molecule has 2 N–H and O–H groups in total. The number of carbonyl (C=O) groups excluding carboxylic acids is 1. The van der Waals surface area contributed by atoms with Crippen molar-refractivity contribution in [2.45, 2.75) is 26.3 Å². The van der Waals surface area contributed by atoms with Crippen LogP contribution in [-0.2, 0) is 0 Å². The molecule has 0 aromatic heterocycles. The van der Waals surface area contributed by atoms with Crippen LogP contribution in [-0.4, -0.2) is 28.9 Å². The molecule has 0 radical (unpaired) electrons. The summed E-state index contributed by atoms with van der Waals surface area (Å²) < 4.78 is 26.8. The molecule has 104 valence electrons. The Morgan fingerprint density at radius 2 is 2.00 bits per heavy atom. The second-order valence-electron chi connectivity index (χ2n) is 4.52. The van der Waals surface area contributed by atoms with Crippen LogP contribution in [0.5, 0.6) is 0 Å². The molecule has 0 saturated heterocycles. The normalized spacial score (nSPS) is 12.1. The van der Waals surface area contributed by atoms with E-state index in [0.29, 0.717) is 12.5 Å². The molecular formula is C13H16F2N2OS. The second-order valence-corrected chi connectivity index (χ2v) is 5.04. The fourth-order valence-corrected chi connectivity index (χ4v) is 1.88. The lowest BCUT2D eigenvalue weighted by molar-refractivity contribution is 0.0743. The van der Waals surface area contributed by atoms with Crippen LogP contribution in [0, 0.1) is 18.6 Å². The van der Waals surface area contributed by atoms with Crippen LogP contribution in [0.3, 0.4) is 0 Å². The Balaban J connectivity index is 3.00. The highest BCUT2D eigenvalue weighted by Gasteiger charge is 2.22. The lowest BCUT2D eigenvalue weighted by Gasteiger charge is -2.25. The number of aryl methyl sites for hydroxylation is 1. The highest BCUT2D eigenvalue weighted by atomic mass is 32.1. The van der Waals surface area contributed by atoms with Crippen LogP contribution < -0.4 is 5.73 Å². The maximum atomic E-state index is 13.6. The van der Waals surface area contributed by atoms with E-state index in [0.717, 1.165) is 0 Å². The highest BCUT2D eigenvalue weighted by Crippen LogP contribution is 2.17. The van der Waals surface area contributed by atoms with Crippen molar-refractivity contribution in [2.24, 2.45) is 5.73 Å². The van der Waals surface area contributed by atoms with Gasteiger partial charge in [-0.05, 0) is 25.5 Å². The van der Waals surface area contributed by atoms with E-state index in [1.165, 1.54) is 24.9 Å². The van der Waals surface area contributed by atoms with E-state index in [1.54, 1.807) is 6.92 Å². The zero-order valence-electron chi connectivity index (χ0n) is 11.0. The first kappa shape index (κ1) is 15.5. The van der Waals surface area contributed by atoms with Crippen molar-refractivity contribution in [3.05, 3.63) is 34.9 Å². The fourth-order valence-electron chi connectivity index (χ4n) is 1.64. The van der Waals surface area contributed by atoms with Crippen molar-refractivity contribution in [1.82, 2.24) is 4.90 Å². The van der Waals surface area contributed by atoms with Crippen molar-refractivity contribution in [3.63, 3.8) is 0 Å². The smallest absolute Gasteiger partial charge is 0.256 e. The number of amides is 1. The number of halogens is 2. The molecule has 0 aliphatic carbocycles. The summed E-state index contributed by atoms with van der Waals surface area (Å²) in [7, 11) is 1.53. The Kier molecular flexibility index (Phi) is 4.94. The van der Waals surface area contributed by atoms with E-state index in [-0.39, 0.29) is 22.2 Å². The number of thiocarbonyl (C=S) groups is 1. The molecule has 1 amide bonds. The van der Waals surface area contributed by atoms with Crippen molar-refractivity contribution in [1.29, 1.82) is 0 Å². The molecule has 0 spiro atoms. The van der Waals surface area contributed by atoms with E-state index < -0.39 is 17.5 Å². The van der Waals surface area contributed by atoms with Crippen molar-refractivity contribution >= 4 is 23.1 Å². The number of carbonyl (C=O) groups is 1. The molecule has 0 aliphatic heterocycles. The van der Waals surface area contributed by atoms with Gasteiger partial charge in [-0.15, -0.1) is 0 Å². The maximum Gasteiger partial charge on any atom is 0.256 e. The quantitative estimate of drug-likeness (QED) is 0.865. The molecule has 1 atom stereocenters. The highest BCUT2D eigenvalue weighted by molar-refractivity contribution is 7.80. The van der Waals surface area contributed by atoms with Gasteiger partial charge >= 0.3 is 0 Å². The van der Waals surface area contributed by atoms with Crippen LogP contribution in [0.25, 0.3) is 0 Å². The lowest BCUT2D eigenvalue weighted by Crippen LogP contribution is -2.37. The first-order valence-corrected chi connectivity index (χ1v) is 6.16. The van der Waals surface area contributed by atoms with Gasteiger partial charge in [-0.3, -0.25) is 4.79 Å². The molecule has 19 heavy (non-hydrogen) atoms. The Morgan fingerprint density at radius 3 is 2.53 bits per heavy atom. The first-order chi connectivity index (χ1) is 8.73. The van der Waals surface area contributed by atoms with Crippen molar-refractivity contribution in [3.8, 4) is 0 Å². The zero-order chi connectivity index (χ0) is 14.7. The molecule has 0 heterocycles. The second kappa shape index (κ2) is 6.06. The monoisotopic (exact) mass is 286 g/mol. The van der Waals surface area contributed by atoms with Gasteiger partial charge in [-0.25, -0.2) is 8.78 Å². The SMILES string of the molecule is Cc1cc(C(=O)N(C)C(C)CC(N)=S)c(F)cc1F. The van der Waals surface area contributed by atoms with E-state index in [2.05, 4.69) is 0 Å². The zero-order valence-corrected chi connectivity index (χ0v) is 11.9. The molecule has 1 aromatic rings. The molecule has 6 heteroatoms. The molecule has 0 fully saturated rings. The summed E-state index contributed by atoms with van der Waals surface area (Å²) in [6.45, 7) is 3.23. The summed E-state index contributed by atoms with van der Waals surface area (Å²) in [5, 5.41) is 0. The van der Waals surface area contributed by atoms with Crippen LogP contribution in [0.4, 0.5) is 8.78 Å². The van der Waals surface area contributed by atoms with Gasteiger partial charge in [0.2, 0.25) is 0 Å². The van der Waals surface area contributed by atoms with Gasteiger partial charge in [0.05, 0.1) is 10.6 Å². The summed E-state index contributed by atoms with van der Waals surface area (Å²) in [5.41, 5.74) is 5.48. The number of nitrogens with zero attached hydrogens (tertiary/aromatic N) is 1. The summed E-state index contributed by atoms with van der Waals surface area (Å²) in [5.74, 6) is -2.07. The Labute approximate surface area is 116 Å². The van der Waals surface area contributed by atoms with Crippen LogP contribution in [0.1, 0.15) is 29.3 Å². The third-order valence-electron chi connectivity index (χ3n) is 2.96. The summed E-state index contributed by atoms with van der Waals surface area (Å²) in [6, 6.07) is 1.67. The average molecular weight is 286 g/mol. The van der Waals surface area contributed by atoms with Gasteiger partial charge in [-0.1, -0.05) is 12.2 Å². The van der Waals surface area contributed by atoms with E-state index in [4.69, 9.17) is 18.0 Å². The predicted octanol–water partition coefficient (Wildman–Crippen LogP) is 2.41.